The van der Waals surface area contributed by atoms with E-state index in [9.17, 15) is 18.0 Å². The summed E-state index contributed by atoms with van der Waals surface area (Å²) in [6.07, 6.45) is 0. The largest absolute Gasteiger partial charge is 0.463 e. The molecule has 0 bridgehead atoms. The smallest absolute Gasteiger partial charge is 0.373 e. The van der Waals surface area contributed by atoms with Crippen molar-refractivity contribution in [2.24, 2.45) is 5.92 Å². The number of carbonyl (C=O) groups excluding carboxylic acids is 2. The molecular formula is C19H23NO7S. The van der Waals surface area contributed by atoms with Crippen LogP contribution >= 0.6 is 0 Å². The number of esters is 2. The van der Waals surface area contributed by atoms with Crippen LogP contribution in [0.2, 0.25) is 0 Å². The second kappa shape index (κ2) is 9.03. The summed E-state index contributed by atoms with van der Waals surface area (Å²) in [5.74, 6) is -1.54. The highest BCUT2D eigenvalue weighted by molar-refractivity contribution is 7.89. The number of nitrogens with one attached hydrogen (secondary N) is 1. The lowest BCUT2D eigenvalue weighted by Gasteiger charge is -2.20. The van der Waals surface area contributed by atoms with E-state index in [2.05, 4.69) is 9.46 Å². The number of ether oxygens (including phenoxy) is 2. The number of benzene rings is 1. The van der Waals surface area contributed by atoms with Crippen LogP contribution in [0.1, 0.15) is 35.7 Å². The summed E-state index contributed by atoms with van der Waals surface area (Å²) < 4.78 is 42.4. The lowest BCUT2D eigenvalue weighted by Crippen LogP contribution is -2.45. The molecule has 8 nitrogen and oxygen atoms in total. The van der Waals surface area contributed by atoms with Crippen molar-refractivity contribution in [2.45, 2.75) is 38.3 Å². The number of sulfonamides is 1. The number of hydrogen-bond donors (Lipinski definition) is 1. The summed E-state index contributed by atoms with van der Waals surface area (Å²) in [7, 11) is -2.68. The van der Waals surface area contributed by atoms with Crippen LogP contribution < -0.4 is 4.72 Å². The first kappa shape index (κ1) is 21.6. The lowest BCUT2D eigenvalue weighted by molar-refractivity contribution is -0.148. The molecule has 2 rings (SSSR count). The van der Waals surface area contributed by atoms with E-state index in [-0.39, 0.29) is 28.9 Å². The Labute approximate surface area is 163 Å². The van der Waals surface area contributed by atoms with E-state index < -0.39 is 28.0 Å². The molecule has 1 aromatic heterocycles. The fourth-order valence-corrected chi connectivity index (χ4v) is 3.64. The summed E-state index contributed by atoms with van der Waals surface area (Å²) in [6, 6.07) is 8.08. The van der Waals surface area contributed by atoms with Crippen molar-refractivity contribution in [3.8, 4) is 0 Å². The van der Waals surface area contributed by atoms with Gasteiger partial charge in [-0.15, -0.1) is 0 Å². The van der Waals surface area contributed by atoms with Crippen LogP contribution in [0.4, 0.5) is 0 Å². The Hall–Kier alpha value is -2.65. The molecule has 0 saturated heterocycles. The van der Waals surface area contributed by atoms with E-state index in [1.807, 2.05) is 6.92 Å². The summed E-state index contributed by atoms with van der Waals surface area (Å²) in [5.41, 5.74) is 0.920. The first-order valence-electron chi connectivity index (χ1n) is 8.56. The summed E-state index contributed by atoms with van der Waals surface area (Å²) >= 11 is 0. The fraction of sp³-hybridized carbons (Fsp3) is 0.368. The van der Waals surface area contributed by atoms with E-state index in [0.717, 1.165) is 5.56 Å². The zero-order chi connectivity index (χ0) is 20.9. The molecule has 28 heavy (non-hydrogen) atoms. The van der Waals surface area contributed by atoms with Crippen LogP contribution in [0.25, 0.3) is 0 Å². The van der Waals surface area contributed by atoms with Crippen LogP contribution in [0.3, 0.4) is 0 Å². The highest BCUT2D eigenvalue weighted by Crippen LogP contribution is 2.15. The van der Waals surface area contributed by atoms with E-state index in [4.69, 9.17) is 9.15 Å². The highest BCUT2D eigenvalue weighted by atomic mass is 32.2. The molecule has 0 radical (unpaired) electrons. The van der Waals surface area contributed by atoms with E-state index >= 15 is 0 Å². The maximum absolute atomic E-state index is 12.6. The van der Waals surface area contributed by atoms with Crippen LogP contribution in [-0.4, -0.2) is 33.5 Å². The van der Waals surface area contributed by atoms with E-state index in [1.165, 1.54) is 31.4 Å². The molecule has 0 fully saturated rings. The van der Waals surface area contributed by atoms with Crippen molar-refractivity contribution in [3.63, 3.8) is 0 Å². The van der Waals surface area contributed by atoms with Gasteiger partial charge in [-0.3, -0.25) is 4.79 Å². The van der Waals surface area contributed by atoms with Crippen molar-refractivity contribution in [3.05, 3.63) is 53.5 Å². The SMILES string of the molecule is COC(=O)c1ccc(COC(=O)[C@@H](NS(=O)(=O)c2ccc(C)cc2)C(C)C)o1. The molecule has 0 amide bonds. The van der Waals surface area contributed by atoms with Gasteiger partial charge in [0.1, 0.15) is 18.4 Å². The molecule has 1 aromatic carbocycles. The second-order valence-corrected chi connectivity index (χ2v) is 8.24. The molecule has 2 aromatic rings. The quantitative estimate of drug-likeness (QED) is 0.666. The molecular weight excluding hydrogens is 386 g/mol. The van der Waals surface area contributed by atoms with Gasteiger partial charge in [-0.2, -0.15) is 4.72 Å². The maximum atomic E-state index is 12.6. The van der Waals surface area contributed by atoms with Crippen LogP contribution in [-0.2, 0) is 30.9 Å². The monoisotopic (exact) mass is 409 g/mol. The van der Waals surface area contributed by atoms with Gasteiger partial charge in [0, 0.05) is 0 Å². The molecule has 0 aliphatic rings. The van der Waals surface area contributed by atoms with Gasteiger partial charge in [-0.25, -0.2) is 13.2 Å². The van der Waals surface area contributed by atoms with Crippen LogP contribution in [0, 0.1) is 12.8 Å². The third kappa shape index (κ3) is 5.43. The molecule has 1 atom stereocenters. The van der Waals surface area contributed by atoms with Crippen molar-refractivity contribution in [1.29, 1.82) is 0 Å². The van der Waals surface area contributed by atoms with Crippen molar-refractivity contribution < 1.29 is 31.9 Å². The zero-order valence-electron chi connectivity index (χ0n) is 16.1. The molecule has 1 heterocycles. The van der Waals surface area contributed by atoms with Crippen molar-refractivity contribution >= 4 is 22.0 Å². The number of methoxy groups -OCH3 is 1. The number of furan rings is 1. The normalized spacial score (nSPS) is 12.6. The Morgan fingerprint density at radius 3 is 2.32 bits per heavy atom. The molecule has 9 heteroatoms. The Kier molecular flexibility index (Phi) is 6.98. The molecule has 1 N–H and O–H groups in total. The minimum absolute atomic E-state index is 0.0194. The fourth-order valence-electron chi connectivity index (χ4n) is 2.31. The van der Waals surface area contributed by atoms with E-state index in [0.29, 0.717) is 0 Å². The molecule has 0 aliphatic carbocycles. The van der Waals surface area contributed by atoms with Gasteiger partial charge in [-0.05, 0) is 37.1 Å². The first-order chi connectivity index (χ1) is 13.1. The molecule has 0 aliphatic heterocycles. The standard InChI is InChI=1S/C19H23NO7S/c1-12(2)17(20-28(23,24)15-8-5-13(3)6-9-15)19(22)26-11-14-7-10-16(27-14)18(21)25-4/h5-10,12,17,20H,11H2,1-4H3/t17-/m0/s1. The summed E-state index contributed by atoms with van der Waals surface area (Å²) in [4.78, 5) is 23.9. The third-order valence-electron chi connectivity index (χ3n) is 3.94. The molecule has 152 valence electrons. The predicted octanol–water partition coefficient (Wildman–Crippen LogP) is 2.42. The zero-order valence-corrected chi connectivity index (χ0v) is 16.9. The summed E-state index contributed by atoms with van der Waals surface area (Å²) in [5, 5.41) is 0. The predicted molar refractivity (Wildman–Crippen MR) is 100.0 cm³/mol. The summed E-state index contributed by atoms with van der Waals surface area (Å²) in [6.45, 7) is 5.00. The minimum atomic E-state index is -3.90. The van der Waals surface area contributed by atoms with Gasteiger partial charge in [-0.1, -0.05) is 31.5 Å². The number of aryl methyl sites for hydroxylation is 1. The van der Waals surface area contributed by atoms with Crippen LogP contribution in [0.5, 0.6) is 0 Å². The van der Waals surface area contributed by atoms with Gasteiger partial charge in [0.25, 0.3) is 0 Å². The number of carbonyl (C=O) groups is 2. The average molecular weight is 409 g/mol. The molecule has 0 saturated carbocycles. The Morgan fingerprint density at radius 1 is 1.11 bits per heavy atom. The van der Waals surface area contributed by atoms with Gasteiger partial charge >= 0.3 is 11.9 Å². The highest BCUT2D eigenvalue weighted by Gasteiger charge is 2.30. The Bertz CT molecular complexity index is 929. The van der Waals surface area contributed by atoms with Crippen molar-refractivity contribution in [2.75, 3.05) is 7.11 Å². The second-order valence-electron chi connectivity index (χ2n) is 6.52. The lowest BCUT2D eigenvalue weighted by atomic mass is 10.1. The third-order valence-corrected chi connectivity index (χ3v) is 5.40. The molecule has 0 spiro atoms. The average Bonchev–Trinajstić information content (AvgIpc) is 3.12. The first-order valence-corrected chi connectivity index (χ1v) is 10.0. The van der Waals surface area contributed by atoms with E-state index in [1.54, 1.807) is 26.0 Å². The number of rotatable bonds is 8. The Balaban J connectivity index is 2.06. The topological polar surface area (TPSA) is 112 Å². The van der Waals surface area contributed by atoms with Crippen LogP contribution in [0.15, 0.2) is 45.7 Å². The van der Waals surface area contributed by atoms with Gasteiger partial charge in [0.2, 0.25) is 15.8 Å². The van der Waals surface area contributed by atoms with Gasteiger partial charge in [0.05, 0.1) is 12.0 Å². The minimum Gasteiger partial charge on any atom is -0.463 e. The Morgan fingerprint density at radius 2 is 1.75 bits per heavy atom. The van der Waals surface area contributed by atoms with Crippen molar-refractivity contribution in [1.82, 2.24) is 4.72 Å². The maximum Gasteiger partial charge on any atom is 0.373 e. The number of hydrogen-bond acceptors (Lipinski definition) is 7. The van der Waals surface area contributed by atoms with Gasteiger partial charge in [0.15, 0.2) is 0 Å². The van der Waals surface area contributed by atoms with Gasteiger partial charge < -0.3 is 13.9 Å². The molecule has 0 unspecified atom stereocenters.